The van der Waals surface area contributed by atoms with Crippen molar-refractivity contribution in [3.05, 3.63) is 30.3 Å². The molecule has 1 aromatic carbocycles. The zero-order valence-corrected chi connectivity index (χ0v) is 9.35. The molecule has 1 aromatic rings. The van der Waals surface area contributed by atoms with E-state index in [4.69, 9.17) is 0 Å². The zero-order chi connectivity index (χ0) is 10.2. The Labute approximate surface area is 88.2 Å². The molecule has 0 aliphatic heterocycles. The Bertz CT molecular complexity index is 274. The fourth-order valence-corrected chi connectivity index (χ4v) is 2.18. The maximum absolute atomic E-state index is 11.7. The highest BCUT2D eigenvalue weighted by atomic mass is 32.2. The van der Waals surface area contributed by atoms with Crippen molar-refractivity contribution in [1.29, 1.82) is 0 Å². The van der Waals surface area contributed by atoms with E-state index < -0.39 is 10.8 Å². The fraction of sp³-hybridized carbons (Fsp3) is 0.455. The highest BCUT2D eigenvalue weighted by Crippen LogP contribution is 2.04. The van der Waals surface area contributed by atoms with E-state index in [2.05, 4.69) is 12.2 Å². The van der Waals surface area contributed by atoms with Gasteiger partial charge in [0.1, 0.15) is 0 Å². The quantitative estimate of drug-likeness (QED) is 0.727. The van der Waals surface area contributed by atoms with Crippen molar-refractivity contribution < 1.29 is 4.21 Å². The maximum Gasteiger partial charge on any atom is 0.0542 e. The van der Waals surface area contributed by atoms with Gasteiger partial charge in [0.2, 0.25) is 0 Å². The van der Waals surface area contributed by atoms with Crippen LogP contribution in [0.25, 0.3) is 0 Å². The molecule has 3 heteroatoms. The lowest BCUT2D eigenvalue weighted by Gasteiger charge is -2.03. The zero-order valence-electron chi connectivity index (χ0n) is 8.53. The summed E-state index contributed by atoms with van der Waals surface area (Å²) in [7, 11) is -0.849. The van der Waals surface area contributed by atoms with Gasteiger partial charge in [-0.15, -0.1) is 0 Å². The lowest BCUT2D eigenvalue weighted by Crippen LogP contribution is -2.21. The second-order valence-electron chi connectivity index (χ2n) is 3.11. The van der Waals surface area contributed by atoms with E-state index in [1.54, 1.807) is 0 Å². The molecular weight excluding hydrogens is 194 g/mol. The molecule has 0 spiro atoms. The van der Waals surface area contributed by atoms with Crippen LogP contribution in [0.5, 0.6) is 0 Å². The Balaban J connectivity index is 2.29. The predicted molar refractivity (Wildman–Crippen MR) is 60.9 cm³/mol. The third kappa shape index (κ3) is 4.03. The molecule has 0 aromatic heterocycles. The topological polar surface area (TPSA) is 29.1 Å². The van der Waals surface area contributed by atoms with Gasteiger partial charge < -0.3 is 5.32 Å². The smallest absolute Gasteiger partial charge is 0.0542 e. The Morgan fingerprint density at radius 1 is 1.21 bits per heavy atom. The van der Waals surface area contributed by atoms with Gasteiger partial charge in [0, 0.05) is 17.2 Å². The third-order valence-corrected chi connectivity index (χ3v) is 3.27. The lowest BCUT2D eigenvalue weighted by atomic mass is 10.4. The molecule has 0 heterocycles. The van der Waals surface area contributed by atoms with Crippen LogP contribution in [0.2, 0.25) is 0 Å². The average Bonchev–Trinajstić information content (AvgIpc) is 2.25. The predicted octanol–water partition coefficient (Wildman–Crippen LogP) is 1.79. The number of benzene rings is 1. The molecule has 78 valence electrons. The number of hydrogen-bond donors (Lipinski definition) is 1. The SMILES string of the molecule is CCCNCCS(=O)c1ccccc1. The molecule has 0 fully saturated rings. The van der Waals surface area contributed by atoms with Crippen LogP contribution >= 0.6 is 0 Å². The van der Waals surface area contributed by atoms with Crippen LogP contribution in [0.3, 0.4) is 0 Å². The van der Waals surface area contributed by atoms with Crippen LogP contribution < -0.4 is 5.32 Å². The summed E-state index contributed by atoms with van der Waals surface area (Å²) in [4.78, 5) is 0.922. The van der Waals surface area contributed by atoms with Gasteiger partial charge in [-0.25, -0.2) is 0 Å². The molecule has 1 rings (SSSR count). The highest BCUT2D eigenvalue weighted by molar-refractivity contribution is 7.85. The van der Waals surface area contributed by atoms with Crippen molar-refractivity contribution in [2.24, 2.45) is 0 Å². The van der Waals surface area contributed by atoms with Gasteiger partial charge in [0.25, 0.3) is 0 Å². The summed E-state index contributed by atoms with van der Waals surface area (Å²) in [5.74, 6) is 0.698. The van der Waals surface area contributed by atoms with E-state index in [0.717, 1.165) is 24.4 Å². The summed E-state index contributed by atoms with van der Waals surface area (Å²) in [6.45, 7) is 3.96. The van der Waals surface area contributed by atoms with Crippen LogP contribution in [0.15, 0.2) is 35.2 Å². The summed E-state index contributed by atoms with van der Waals surface area (Å²) in [6, 6.07) is 9.61. The number of nitrogens with one attached hydrogen (secondary N) is 1. The van der Waals surface area contributed by atoms with Gasteiger partial charge in [-0.3, -0.25) is 4.21 Å². The van der Waals surface area contributed by atoms with Crippen LogP contribution in [0.4, 0.5) is 0 Å². The van der Waals surface area contributed by atoms with Crippen molar-refractivity contribution in [2.75, 3.05) is 18.8 Å². The maximum atomic E-state index is 11.7. The van der Waals surface area contributed by atoms with Gasteiger partial charge >= 0.3 is 0 Å². The molecule has 0 aliphatic rings. The molecule has 2 nitrogen and oxygen atoms in total. The standard InChI is InChI=1S/C11H17NOS/c1-2-8-12-9-10-14(13)11-6-4-3-5-7-11/h3-7,12H,2,8-10H2,1H3. The number of rotatable bonds is 6. The summed E-state index contributed by atoms with van der Waals surface area (Å²) < 4.78 is 11.7. The molecule has 0 bridgehead atoms. The third-order valence-electron chi connectivity index (χ3n) is 1.90. The van der Waals surface area contributed by atoms with Crippen LogP contribution in [-0.2, 0) is 10.8 Å². The van der Waals surface area contributed by atoms with Crippen molar-refractivity contribution in [3.63, 3.8) is 0 Å². The molecule has 0 saturated heterocycles. The van der Waals surface area contributed by atoms with Crippen molar-refractivity contribution in [1.82, 2.24) is 5.32 Å². The Morgan fingerprint density at radius 3 is 2.57 bits per heavy atom. The average molecular weight is 211 g/mol. The summed E-state index contributed by atoms with van der Waals surface area (Å²) in [6.07, 6.45) is 1.12. The van der Waals surface area contributed by atoms with Crippen LogP contribution in [0, 0.1) is 0 Å². The molecule has 1 atom stereocenters. The van der Waals surface area contributed by atoms with E-state index in [-0.39, 0.29) is 0 Å². The Morgan fingerprint density at radius 2 is 1.93 bits per heavy atom. The van der Waals surface area contributed by atoms with E-state index in [9.17, 15) is 4.21 Å². The molecule has 0 aliphatic carbocycles. The molecule has 0 radical (unpaired) electrons. The van der Waals surface area contributed by atoms with E-state index in [0.29, 0.717) is 5.75 Å². The normalized spacial score (nSPS) is 12.6. The van der Waals surface area contributed by atoms with Gasteiger partial charge in [-0.1, -0.05) is 25.1 Å². The second kappa shape index (κ2) is 6.74. The fourth-order valence-electron chi connectivity index (χ4n) is 1.16. The minimum atomic E-state index is -0.849. The molecule has 1 N–H and O–H groups in total. The van der Waals surface area contributed by atoms with Crippen molar-refractivity contribution in [3.8, 4) is 0 Å². The van der Waals surface area contributed by atoms with Gasteiger partial charge in [-0.05, 0) is 25.1 Å². The second-order valence-corrected chi connectivity index (χ2v) is 4.68. The van der Waals surface area contributed by atoms with E-state index in [1.165, 1.54) is 0 Å². The first kappa shape index (κ1) is 11.4. The summed E-state index contributed by atoms with van der Waals surface area (Å²) in [5.41, 5.74) is 0. The van der Waals surface area contributed by atoms with Crippen LogP contribution in [0.1, 0.15) is 13.3 Å². The van der Waals surface area contributed by atoms with E-state index in [1.807, 2.05) is 30.3 Å². The molecular formula is C11H17NOS. The minimum absolute atomic E-state index is 0.698. The molecule has 14 heavy (non-hydrogen) atoms. The molecule has 0 saturated carbocycles. The molecule has 0 amide bonds. The lowest BCUT2D eigenvalue weighted by molar-refractivity contribution is 0.669. The summed E-state index contributed by atoms with van der Waals surface area (Å²) in [5, 5.41) is 3.24. The first-order valence-corrected chi connectivity index (χ1v) is 6.30. The van der Waals surface area contributed by atoms with Crippen molar-refractivity contribution >= 4 is 10.8 Å². The first-order valence-electron chi connectivity index (χ1n) is 4.98. The number of hydrogen-bond acceptors (Lipinski definition) is 2. The first-order chi connectivity index (χ1) is 6.84. The minimum Gasteiger partial charge on any atom is -0.316 e. The van der Waals surface area contributed by atoms with Gasteiger partial charge in [-0.2, -0.15) is 0 Å². The monoisotopic (exact) mass is 211 g/mol. The summed E-state index contributed by atoms with van der Waals surface area (Å²) >= 11 is 0. The van der Waals surface area contributed by atoms with Gasteiger partial charge in [0.05, 0.1) is 10.8 Å². The van der Waals surface area contributed by atoms with Gasteiger partial charge in [0.15, 0.2) is 0 Å². The Kier molecular flexibility index (Phi) is 5.49. The largest absolute Gasteiger partial charge is 0.316 e. The van der Waals surface area contributed by atoms with Crippen molar-refractivity contribution in [2.45, 2.75) is 18.2 Å². The Hall–Kier alpha value is -0.670. The highest BCUT2D eigenvalue weighted by Gasteiger charge is 2.00. The van der Waals surface area contributed by atoms with Crippen LogP contribution in [-0.4, -0.2) is 23.1 Å². The molecule has 1 unspecified atom stereocenters. The van der Waals surface area contributed by atoms with E-state index >= 15 is 0 Å².